The summed E-state index contributed by atoms with van der Waals surface area (Å²) in [6.07, 6.45) is -4.43. The Balaban J connectivity index is 2.64. The van der Waals surface area contributed by atoms with Crippen LogP contribution in [0.5, 0.6) is 0 Å². The zero-order valence-corrected chi connectivity index (χ0v) is 8.54. The number of hydrogen-bond acceptors (Lipinski definition) is 3. The third-order valence-electron chi connectivity index (χ3n) is 1.87. The minimum atomic E-state index is -4.43. The first-order valence-corrected chi connectivity index (χ1v) is 4.58. The molecule has 17 heavy (non-hydrogen) atoms. The molecule has 1 aromatic carbocycles. The molecule has 0 atom stereocenters. The van der Waals surface area contributed by atoms with E-state index in [2.05, 4.69) is 4.74 Å². The fourth-order valence-corrected chi connectivity index (χ4v) is 1.17. The second-order valence-corrected chi connectivity index (χ2v) is 3.34. The zero-order chi connectivity index (χ0) is 13.1. The van der Waals surface area contributed by atoms with E-state index < -0.39 is 31.2 Å². The predicted molar refractivity (Wildman–Crippen MR) is 51.9 cm³/mol. The fraction of sp³-hybridized carbons (Fsp3) is 0.333. The first kappa shape index (κ1) is 13.9. The third kappa shape index (κ3) is 4.72. The Labute approximate surface area is 94.8 Å². The van der Waals surface area contributed by atoms with E-state index >= 15 is 0 Å². The van der Waals surface area contributed by atoms with Crippen LogP contribution in [-0.2, 0) is 11.3 Å². The molecule has 1 rings (SSSR count). The van der Waals surface area contributed by atoms with Crippen LogP contribution in [0.25, 0.3) is 0 Å². The molecule has 94 valence electrons. The van der Waals surface area contributed by atoms with Crippen molar-refractivity contribution in [3.05, 3.63) is 29.6 Å². The van der Waals surface area contributed by atoms with Crippen molar-refractivity contribution in [3.8, 4) is 0 Å². The van der Waals surface area contributed by atoms with E-state index in [0.29, 0.717) is 0 Å². The predicted octanol–water partition coefficient (Wildman–Crippen LogP) is 0.584. The maximum absolute atomic E-state index is 13.0. The summed E-state index contributed by atoms with van der Waals surface area (Å²) in [7, 11) is -2.02. The van der Waals surface area contributed by atoms with Gasteiger partial charge >= 0.3 is 13.3 Å². The van der Waals surface area contributed by atoms with Crippen LogP contribution in [-0.4, -0.2) is 29.9 Å². The van der Waals surface area contributed by atoms with Crippen molar-refractivity contribution < 1.29 is 32.3 Å². The number of ether oxygens (including phenoxy) is 1. The van der Waals surface area contributed by atoms with Gasteiger partial charge in [0.15, 0.2) is 0 Å². The summed E-state index contributed by atoms with van der Waals surface area (Å²) in [5.41, 5.74) is -0.183. The highest BCUT2D eigenvalue weighted by Gasteiger charge is 2.27. The van der Waals surface area contributed by atoms with Crippen molar-refractivity contribution in [1.29, 1.82) is 0 Å². The Morgan fingerprint density at radius 2 is 1.88 bits per heavy atom. The summed E-state index contributed by atoms with van der Waals surface area (Å²) in [5, 5.41) is 17.6. The van der Waals surface area contributed by atoms with Crippen LogP contribution in [0, 0.1) is 5.82 Å². The van der Waals surface area contributed by atoms with Gasteiger partial charge in [-0.2, -0.15) is 13.2 Å². The van der Waals surface area contributed by atoms with Crippen LogP contribution in [0.1, 0.15) is 5.56 Å². The van der Waals surface area contributed by atoms with Crippen molar-refractivity contribution in [3.63, 3.8) is 0 Å². The highest BCUT2D eigenvalue weighted by Crippen LogP contribution is 2.15. The lowest BCUT2D eigenvalue weighted by Gasteiger charge is -2.09. The summed E-state index contributed by atoms with van der Waals surface area (Å²) in [6.45, 7) is -1.80. The molecule has 0 aliphatic carbocycles. The summed E-state index contributed by atoms with van der Waals surface area (Å²) in [4.78, 5) is 0. The highest BCUT2D eigenvalue weighted by atomic mass is 19.4. The summed E-state index contributed by atoms with van der Waals surface area (Å²) in [6, 6.07) is 3.18. The molecule has 0 unspecified atom stereocenters. The van der Waals surface area contributed by atoms with Gasteiger partial charge in [0.25, 0.3) is 0 Å². The van der Waals surface area contributed by atoms with Gasteiger partial charge in [0, 0.05) is 5.46 Å². The van der Waals surface area contributed by atoms with Crippen LogP contribution in [0.15, 0.2) is 18.2 Å². The number of hydrogen-bond donors (Lipinski definition) is 2. The molecule has 0 saturated carbocycles. The first-order chi connectivity index (χ1) is 7.79. The lowest BCUT2D eigenvalue weighted by molar-refractivity contribution is -0.176. The van der Waals surface area contributed by atoms with Crippen molar-refractivity contribution in [2.24, 2.45) is 0 Å². The van der Waals surface area contributed by atoms with E-state index in [1.807, 2.05) is 0 Å². The summed E-state index contributed by atoms with van der Waals surface area (Å²) >= 11 is 0. The van der Waals surface area contributed by atoms with Gasteiger partial charge in [-0.1, -0.05) is 12.1 Å². The lowest BCUT2D eigenvalue weighted by Crippen LogP contribution is -2.33. The third-order valence-corrected chi connectivity index (χ3v) is 1.87. The van der Waals surface area contributed by atoms with Crippen molar-refractivity contribution in [2.45, 2.75) is 12.8 Å². The van der Waals surface area contributed by atoms with Gasteiger partial charge in [-0.15, -0.1) is 0 Å². The normalized spacial score (nSPS) is 11.6. The van der Waals surface area contributed by atoms with Crippen LogP contribution in [0.3, 0.4) is 0 Å². The van der Waals surface area contributed by atoms with Gasteiger partial charge in [0.1, 0.15) is 12.4 Å². The quantitative estimate of drug-likeness (QED) is 0.608. The Morgan fingerprint density at radius 3 is 2.41 bits per heavy atom. The van der Waals surface area contributed by atoms with Crippen LogP contribution in [0.4, 0.5) is 17.6 Å². The summed E-state index contributed by atoms with van der Waals surface area (Å²) in [5.74, 6) is -0.848. The largest absolute Gasteiger partial charge is 0.491 e. The lowest BCUT2D eigenvalue weighted by atomic mass is 9.79. The second-order valence-electron chi connectivity index (χ2n) is 3.34. The molecule has 0 spiro atoms. The molecule has 0 fully saturated rings. The van der Waals surface area contributed by atoms with Crippen LogP contribution < -0.4 is 5.46 Å². The Bertz CT molecular complexity index is 381. The molecule has 3 nitrogen and oxygen atoms in total. The number of alkyl halides is 3. The number of halogens is 4. The number of rotatable bonds is 4. The highest BCUT2D eigenvalue weighted by molar-refractivity contribution is 6.58. The molecular formula is C9H9BF4O3. The molecule has 0 aromatic heterocycles. The van der Waals surface area contributed by atoms with E-state index in [1.54, 1.807) is 0 Å². The van der Waals surface area contributed by atoms with E-state index in [0.717, 1.165) is 12.1 Å². The van der Waals surface area contributed by atoms with Crippen molar-refractivity contribution in [2.75, 3.05) is 6.61 Å². The molecule has 0 radical (unpaired) electrons. The van der Waals surface area contributed by atoms with Gasteiger partial charge in [0.05, 0.1) is 6.61 Å². The minimum Gasteiger partial charge on any atom is -0.423 e. The second kappa shape index (κ2) is 5.48. The van der Waals surface area contributed by atoms with Gasteiger partial charge in [-0.05, 0) is 11.6 Å². The average molecular weight is 252 g/mol. The Hall–Kier alpha value is -1.12. The van der Waals surface area contributed by atoms with Crippen molar-refractivity contribution in [1.82, 2.24) is 0 Å². The van der Waals surface area contributed by atoms with Crippen molar-refractivity contribution >= 4 is 12.6 Å². The van der Waals surface area contributed by atoms with E-state index in [9.17, 15) is 17.6 Å². The molecule has 0 aliphatic heterocycles. The fourth-order valence-electron chi connectivity index (χ4n) is 1.17. The molecule has 0 aliphatic rings. The molecule has 0 bridgehead atoms. The maximum atomic E-state index is 13.0. The first-order valence-electron chi connectivity index (χ1n) is 4.58. The van der Waals surface area contributed by atoms with Gasteiger partial charge in [-0.3, -0.25) is 0 Å². The standard InChI is InChI=1S/C9H9BF4O3/c11-8-2-1-6(3-7(8)10(15)16)4-17-5-9(12,13)14/h1-3,15-16H,4-5H2. The maximum Gasteiger partial charge on any atom is 0.491 e. The monoisotopic (exact) mass is 252 g/mol. The summed E-state index contributed by atoms with van der Waals surface area (Å²) < 4.78 is 52.6. The zero-order valence-electron chi connectivity index (χ0n) is 8.54. The van der Waals surface area contributed by atoms with Gasteiger partial charge < -0.3 is 14.8 Å². The Morgan fingerprint density at radius 1 is 1.24 bits per heavy atom. The SMILES string of the molecule is OB(O)c1cc(COCC(F)(F)F)ccc1F. The Kier molecular flexibility index (Phi) is 4.50. The topological polar surface area (TPSA) is 49.7 Å². The van der Waals surface area contributed by atoms with E-state index in [4.69, 9.17) is 10.0 Å². The van der Waals surface area contributed by atoms with Crippen LogP contribution in [0.2, 0.25) is 0 Å². The molecule has 0 heterocycles. The average Bonchev–Trinajstić information content (AvgIpc) is 2.18. The molecule has 8 heteroatoms. The molecule has 1 aromatic rings. The molecular weight excluding hydrogens is 243 g/mol. The van der Waals surface area contributed by atoms with Gasteiger partial charge in [0.2, 0.25) is 0 Å². The molecule has 2 N–H and O–H groups in total. The van der Waals surface area contributed by atoms with Gasteiger partial charge in [-0.25, -0.2) is 4.39 Å². The van der Waals surface area contributed by atoms with E-state index in [1.165, 1.54) is 6.07 Å². The van der Waals surface area contributed by atoms with Crippen LogP contribution >= 0.6 is 0 Å². The number of benzene rings is 1. The van der Waals surface area contributed by atoms with E-state index in [-0.39, 0.29) is 12.2 Å². The molecule has 0 saturated heterocycles. The molecule has 0 amide bonds. The minimum absolute atomic E-state index is 0.221. The smallest absolute Gasteiger partial charge is 0.423 e.